The van der Waals surface area contributed by atoms with Crippen LogP contribution in [0.1, 0.15) is 54.1 Å². The van der Waals surface area contributed by atoms with Gasteiger partial charge in [-0.2, -0.15) is 0 Å². The first-order chi connectivity index (χ1) is 11.8. The molecular weight excluding hydrogens is 334 g/mol. The van der Waals surface area contributed by atoms with Crippen LogP contribution in [-0.2, 0) is 12.0 Å². The molecule has 2 aromatic rings. The van der Waals surface area contributed by atoms with E-state index in [-0.39, 0.29) is 11.3 Å². The Morgan fingerprint density at radius 3 is 2.72 bits per heavy atom. The van der Waals surface area contributed by atoms with E-state index in [9.17, 15) is 4.79 Å². The minimum atomic E-state index is -0.0220. The minimum Gasteiger partial charge on any atom is -0.444 e. The maximum Gasteiger partial charge on any atom is 0.264 e. The zero-order valence-corrected chi connectivity index (χ0v) is 16.4. The lowest BCUT2D eigenvalue weighted by molar-refractivity contribution is 0.0765. The van der Waals surface area contributed by atoms with E-state index in [2.05, 4.69) is 30.7 Å². The Morgan fingerprint density at radius 1 is 1.28 bits per heavy atom. The zero-order valence-electron chi connectivity index (χ0n) is 15.5. The molecule has 6 heteroatoms. The SMILES string of the molecule is Cc1ccsc1C(=O)N1CCCN(Cc2ncc(C(C)(C)C)o2)CC1. The van der Waals surface area contributed by atoms with Crippen molar-refractivity contribution in [2.24, 2.45) is 0 Å². The van der Waals surface area contributed by atoms with E-state index in [4.69, 9.17) is 4.42 Å². The number of amides is 1. The van der Waals surface area contributed by atoms with Crippen LogP contribution < -0.4 is 0 Å². The molecule has 0 unspecified atom stereocenters. The maximum absolute atomic E-state index is 12.7. The molecule has 0 bridgehead atoms. The first kappa shape index (κ1) is 18.1. The van der Waals surface area contributed by atoms with Gasteiger partial charge in [-0.25, -0.2) is 4.98 Å². The number of carbonyl (C=O) groups excluding carboxylic acids is 1. The molecule has 1 aliphatic heterocycles. The lowest BCUT2D eigenvalue weighted by Gasteiger charge is -2.21. The third-order valence-electron chi connectivity index (χ3n) is 4.58. The van der Waals surface area contributed by atoms with Crippen LogP contribution in [0.5, 0.6) is 0 Å². The molecule has 0 aromatic carbocycles. The second-order valence-electron chi connectivity index (χ2n) is 7.72. The first-order valence-electron chi connectivity index (χ1n) is 8.85. The lowest BCUT2D eigenvalue weighted by atomic mass is 9.94. The van der Waals surface area contributed by atoms with Crippen molar-refractivity contribution in [2.75, 3.05) is 26.2 Å². The molecule has 2 aromatic heterocycles. The summed E-state index contributed by atoms with van der Waals surface area (Å²) in [5, 5.41) is 1.99. The molecule has 5 nitrogen and oxygen atoms in total. The number of hydrogen-bond acceptors (Lipinski definition) is 5. The van der Waals surface area contributed by atoms with Gasteiger partial charge in [-0.05, 0) is 30.4 Å². The van der Waals surface area contributed by atoms with E-state index in [0.29, 0.717) is 6.54 Å². The van der Waals surface area contributed by atoms with E-state index in [1.807, 2.05) is 29.5 Å². The molecule has 0 spiro atoms. The molecule has 0 aliphatic carbocycles. The smallest absolute Gasteiger partial charge is 0.264 e. The highest BCUT2D eigenvalue weighted by molar-refractivity contribution is 7.12. The number of aromatic nitrogens is 1. The number of nitrogens with zero attached hydrogens (tertiary/aromatic N) is 3. The van der Waals surface area contributed by atoms with Gasteiger partial charge in [0, 0.05) is 31.6 Å². The molecule has 136 valence electrons. The molecule has 3 rings (SSSR count). The Bertz CT molecular complexity index is 729. The van der Waals surface area contributed by atoms with Crippen molar-refractivity contribution in [1.82, 2.24) is 14.8 Å². The Morgan fingerprint density at radius 2 is 2.08 bits per heavy atom. The fourth-order valence-corrected chi connectivity index (χ4v) is 3.88. The van der Waals surface area contributed by atoms with E-state index >= 15 is 0 Å². The molecule has 1 saturated heterocycles. The summed E-state index contributed by atoms with van der Waals surface area (Å²) < 4.78 is 5.91. The minimum absolute atomic E-state index is 0.0220. The highest BCUT2D eigenvalue weighted by atomic mass is 32.1. The zero-order chi connectivity index (χ0) is 18.0. The predicted octanol–water partition coefficient (Wildman–Crippen LogP) is 3.69. The van der Waals surface area contributed by atoms with Crippen molar-refractivity contribution < 1.29 is 9.21 Å². The largest absolute Gasteiger partial charge is 0.444 e. The number of aryl methyl sites for hydroxylation is 1. The van der Waals surface area contributed by atoms with Crippen LogP contribution in [0.3, 0.4) is 0 Å². The molecule has 1 amide bonds. The van der Waals surface area contributed by atoms with Crippen LogP contribution in [0, 0.1) is 6.92 Å². The number of thiophene rings is 1. The Balaban J connectivity index is 1.59. The second kappa shape index (κ2) is 7.30. The summed E-state index contributed by atoms with van der Waals surface area (Å²) in [5.74, 6) is 1.85. The van der Waals surface area contributed by atoms with E-state index in [0.717, 1.165) is 54.7 Å². The topological polar surface area (TPSA) is 49.6 Å². The fourth-order valence-electron chi connectivity index (χ4n) is 2.99. The highest BCUT2D eigenvalue weighted by Gasteiger charge is 2.24. The van der Waals surface area contributed by atoms with Crippen molar-refractivity contribution in [3.8, 4) is 0 Å². The standard InChI is InChI=1S/C19H27N3O2S/c1-14-6-11-25-17(14)18(23)22-8-5-7-21(9-10-22)13-16-20-12-15(24-16)19(2,3)4/h6,11-12H,5,7-10,13H2,1-4H3. The molecular formula is C19H27N3O2S. The molecule has 0 radical (unpaired) electrons. The van der Waals surface area contributed by atoms with Crippen LogP contribution in [0.25, 0.3) is 0 Å². The third kappa shape index (κ3) is 4.30. The van der Waals surface area contributed by atoms with E-state index < -0.39 is 0 Å². The van der Waals surface area contributed by atoms with Gasteiger partial charge in [-0.15, -0.1) is 11.3 Å². The number of oxazole rings is 1. The van der Waals surface area contributed by atoms with Crippen molar-refractivity contribution in [3.63, 3.8) is 0 Å². The van der Waals surface area contributed by atoms with Crippen molar-refractivity contribution in [2.45, 2.75) is 46.1 Å². The van der Waals surface area contributed by atoms with Gasteiger partial charge in [0.15, 0.2) is 0 Å². The summed E-state index contributed by atoms with van der Waals surface area (Å²) in [4.78, 5) is 22.3. The highest BCUT2D eigenvalue weighted by Crippen LogP contribution is 2.23. The van der Waals surface area contributed by atoms with E-state index in [1.165, 1.54) is 11.3 Å². The summed E-state index contributed by atoms with van der Waals surface area (Å²) in [7, 11) is 0. The molecule has 1 aliphatic rings. The van der Waals surface area contributed by atoms with Crippen LogP contribution in [-0.4, -0.2) is 46.9 Å². The van der Waals surface area contributed by atoms with Gasteiger partial charge in [0.25, 0.3) is 5.91 Å². The Hall–Kier alpha value is -1.66. The predicted molar refractivity (Wildman–Crippen MR) is 100 cm³/mol. The van der Waals surface area contributed by atoms with Crippen LogP contribution in [0.4, 0.5) is 0 Å². The molecule has 25 heavy (non-hydrogen) atoms. The fraction of sp³-hybridized carbons (Fsp3) is 0.579. The average molecular weight is 362 g/mol. The summed E-state index contributed by atoms with van der Waals surface area (Å²) in [5.41, 5.74) is 1.05. The number of rotatable bonds is 3. The van der Waals surface area contributed by atoms with Gasteiger partial charge >= 0.3 is 0 Å². The summed E-state index contributed by atoms with van der Waals surface area (Å²) in [6.07, 6.45) is 2.81. The van der Waals surface area contributed by atoms with Crippen molar-refractivity contribution in [3.05, 3.63) is 39.7 Å². The molecule has 3 heterocycles. The monoisotopic (exact) mass is 361 g/mol. The number of carbonyl (C=O) groups is 1. The lowest BCUT2D eigenvalue weighted by Crippen LogP contribution is -2.35. The summed E-state index contributed by atoms with van der Waals surface area (Å²) in [6, 6.07) is 2.01. The second-order valence-corrected chi connectivity index (χ2v) is 8.64. The van der Waals surface area contributed by atoms with Gasteiger partial charge in [0.05, 0.1) is 17.6 Å². The Labute approximate surface area is 153 Å². The van der Waals surface area contributed by atoms with Crippen molar-refractivity contribution in [1.29, 1.82) is 0 Å². The first-order valence-corrected chi connectivity index (χ1v) is 9.73. The van der Waals surface area contributed by atoms with Crippen LogP contribution >= 0.6 is 11.3 Å². The van der Waals surface area contributed by atoms with Gasteiger partial charge in [0.2, 0.25) is 5.89 Å². The van der Waals surface area contributed by atoms with Gasteiger partial charge in [-0.3, -0.25) is 9.69 Å². The molecule has 0 atom stereocenters. The Kier molecular flexibility index (Phi) is 5.29. The third-order valence-corrected chi connectivity index (χ3v) is 5.59. The summed E-state index contributed by atoms with van der Waals surface area (Å²) >= 11 is 1.54. The van der Waals surface area contributed by atoms with Crippen LogP contribution in [0.15, 0.2) is 22.1 Å². The van der Waals surface area contributed by atoms with E-state index in [1.54, 1.807) is 0 Å². The molecule has 0 saturated carbocycles. The van der Waals surface area contributed by atoms with Crippen LogP contribution in [0.2, 0.25) is 0 Å². The number of hydrogen-bond donors (Lipinski definition) is 0. The van der Waals surface area contributed by atoms with Crippen molar-refractivity contribution >= 4 is 17.2 Å². The van der Waals surface area contributed by atoms with Gasteiger partial charge in [0.1, 0.15) is 5.76 Å². The van der Waals surface area contributed by atoms with Gasteiger partial charge in [-0.1, -0.05) is 20.8 Å². The molecule has 0 N–H and O–H groups in total. The quantitative estimate of drug-likeness (QED) is 0.837. The normalized spacial score (nSPS) is 16.9. The van der Waals surface area contributed by atoms with Gasteiger partial charge < -0.3 is 9.32 Å². The summed E-state index contributed by atoms with van der Waals surface area (Å²) in [6.45, 7) is 12.5. The molecule has 1 fully saturated rings. The maximum atomic E-state index is 12.7. The average Bonchev–Trinajstić information content (AvgIpc) is 3.11.